The van der Waals surface area contributed by atoms with E-state index < -0.39 is 0 Å². The van der Waals surface area contributed by atoms with Crippen LogP contribution in [0.5, 0.6) is 0 Å². The van der Waals surface area contributed by atoms with E-state index in [9.17, 15) is 0 Å². The Kier molecular flexibility index (Phi) is 5.98. The number of rotatable bonds is 3. The molecule has 0 spiro atoms. The average molecular weight is 540 g/mol. The van der Waals surface area contributed by atoms with Gasteiger partial charge in [0.05, 0.1) is 16.9 Å². The van der Waals surface area contributed by atoms with Crippen molar-refractivity contribution in [1.29, 1.82) is 0 Å². The molecule has 0 saturated carbocycles. The molecular weight excluding hydrogens is 501 g/mol. The van der Waals surface area contributed by atoms with Crippen molar-refractivity contribution in [3.63, 3.8) is 0 Å². The Labute approximate surface area is 244 Å². The molecule has 41 heavy (non-hydrogen) atoms. The van der Waals surface area contributed by atoms with E-state index in [1.807, 2.05) is 0 Å². The Morgan fingerprint density at radius 3 is 2.07 bits per heavy atom. The maximum absolute atomic E-state index is 6.40. The van der Waals surface area contributed by atoms with Crippen LogP contribution in [0.2, 0.25) is 0 Å². The summed E-state index contributed by atoms with van der Waals surface area (Å²) in [6.07, 6.45) is 1.98. The van der Waals surface area contributed by atoms with Gasteiger partial charge in [-0.05, 0) is 97.1 Å². The summed E-state index contributed by atoms with van der Waals surface area (Å²) in [5, 5.41) is 0. The van der Waals surface area contributed by atoms with Gasteiger partial charge in [-0.2, -0.15) is 0 Å². The second-order valence-electron chi connectivity index (χ2n) is 13.4. The van der Waals surface area contributed by atoms with Gasteiger partial charge >= 0.3 is 7.12 Å². The molecule has 0 radical (unpaired) electrons. The second kappa shape index (κ2) is 9.27. The summed E-state index contributed by atoms with van der Waals surface area (Å²) in [6.45, 7) is 13.1. The lowest BCUT2D eigenvalue weighted by Crippen LogP contribution is -2.41. The molecule has 3 nitrogen and oxygen atoms in total. The number of nitrogens with zero attached hydrogens (tertiary/aromatic N) is 1. The van der Waals surface area contributed by atoms with Crippen LogP contribution >= 0.6 is 0 Å². The van der Waals surface area contributed by atoms with Crippen molar-refractivity contribution in [2.75, 3.05) is 0 Å². The minimum absolute atomic E-state index is 0.143. The molecule has 0 N–H and O–H groups in total. The topological polar surface area (TPSA) is 30.8 Å². The van der Waals surface area contributed by atoms with E-state index in [1.54, 1.807) is 0 Å². The lowest BCUT2D eigenvalue weighted by Gasteiger charge is -2.32. The first-order valence-electron chi connectivity index (χ1n) is 14.9. The molecule has 0 bridgehead atoms. The molecule has 4 aromatic carbocycles. The summed E-state index contributed by atoms with van der Waals surface area (Å²) in [5.41, 5.74) is 11.7. The highest BCUT2D eigenvalue weighted by Gasteiger charge is 2.52. The molecular formula is C37H38BNO2. The number of aliphatic imine (C=N–C) groups is 1. The summed E-state index contributed by atoms with van der Waals surface area (Å²) < 4.78 is 12.8. The van der Waals surface area contributed by atoms with Gasteiger partial charge in [-0.15, -0.1) is 0 Å². The van der Waals surface area contributed by atoms with Crippen LogP contribution in [-0.2, 0) is 14.7 Å². The molecule has 1 fully saturated rings. The van der Waals surface area contributed by atoms with E-state index in [1.165, 1.54) is 44.7 Å². The minimum atomic E-state index is -0.363. The van der Waals surface area contributed by atoms with E-state index in [2.05, 4.69) is 133 Å². The predicted molar refractivity (Wildman–Crippen MR) is 170 cm³/mol. The van der Waals surface area contributed by atoms with Gasteiger partial charge in [0.15, 0.2) is 0 Å². The van der Waals surface area contributed by atoms with Crippen LogP contribution in [0.4, 0.5) is 5.69 Å². The molecule has 4 aromatic rings. The Bertz CT molecular complexity index is 1670. The largest absolute Gasteiger partial charge is 0.494 e. The van der Waals surface area contributed by atoms with E-state index >= 15 is 0 Å². The van der Waals surface area contributed by atoms with Crippen LogP contribution in [0, 0.1) is 0 Å². The molecule has 0 aromatic heterocycles. The lowest BCUT2D eigenvalue weighted by molar-refractivity contribution is 0.00578. The quantitative estimate of drug-likeness (QED) is 0.245. The summed E-state index contributed by atoms with van der Waals surface area (Å²) in [5.74, 6) is 0.345. The summed E-state index contributed by atoms with van der Waals surface area (Å²) in [7, 11) is -0.363. The minimum Gasteiger partial charge on any atom is -0.399 e. The standard InChI is InChI=1S/C37H38BNO2/c1-35(2)31-22-25(33-21-20-27(24-12-8-7-9-13-24)30-14-10-11-15-34(30)39-33)16-18-28(31)29-19-17-26(23-32(29)35)38-40-36(3,4)37(5,6)41-38/h7-19,22-23,27H,20-21H2,1-6H3. The van der Waals surface area contributed by atoms with Gasteiger partial charge in [-0.25, -0.2) is 0 Å². The fourth-order valence-corrected chi connectivity index (χ4v) is 6.82. The molecule has 7 rings (SSSR count). The molecule has 1 unspecified atom stereocenters. The molecule has 1 saturated heterocycles. The third-order valence-electron chi connectivity index (χ3n) is 10.00. The van der Waals surface area contributed by atoms with Gasteiger partial charge in [-0.3, -0.25) is 4.99 Å². The smallest absolute Gasteiger partial charge is 0.399 e. The van der Waals surface area contributed by atoms with Crippen LogP contribution in [-0.4, -0.2) is 24.0 Å². The van der Waals surface area contributed by atoms with E-state index in [4.69, 9.17) is 14.3 Å². The van der Waals surface area contributed by atoms with Crippen LogP contribution < -0.4 is 5.46 Å². The van der Waals surface area contributed by atoms with Crippen molar-refractivity contribution in [1.82, 2.24) is 0 Å². The number of hydrogen-bond acceptors (Lipinski definition) is 3. The van der Waals surface area contributed by atoms with E-state index in [-0.39, 0.29) is 23.7 Å². The van der Waals surface area contributed by atoms with Crippen molar-refractivity contribution >= 4 is 24.0 Å². The van der Waals surface area contributed by atoms with Gasteiger partial charge in [0.2, 0.25) is 0 Å². The summed E-state index contributed by atoms with van der Waals surface area (Å²) >= 11 is 0. The van der Waals surface area contributed by atoms with Gasteiger partial charge in [0.1, 0.15) is 0 Å². The van der Waals surface area contributed by atoms with E-state index in [0.29, 0.717) is 5.92 Å². The molecule has 3 aliphatic rings. The maximum atomic E-state index is 6.40. The SMILES string of the molecule is CC1(C)c2cc(B3OC(C)(C)C(C)(C)O3)ccc2-c2ccc(C3=Nc4ccccc4C(c4ccccc4)CC3)cc21. The van der Waals surface area contributed by atoms with Gasteiger partial charge in [0.25, 0.3) is 0 Å². The molecule has 2 heterocycles. The van der Waals surface area contributed by atoms with Crippen molar-refractivity contribution in [2.45, 2.75) is 76.9 Å². The monoisotopic (exact) mass is 539 g/mol. The Balaban J connectivity index is 1.24. The number of para-hydroxylation sites is 1. The fraction of sp³-hybridized carbons (Fsp3) is 0.324. The van der Waals surface area contributed by atoms with Gasteiger partial charge < -0.3 is 9.31 Å². The lowest BCUT2D eigenvalue weighted by atomic mass is 9.74. The normalized spacial score (nSPS) is 21.5. The Morgan fingerprint density at radius 1 is 0.707 bits per heavy atom. The molecule has 206 valence electrons. The maximum Gasteiger partial charge on any atom is 0.494 e. The highest BCUT2D eigenvalue weighted by molar-refractivity contribution is 6.62. The second-order valence-corrected chi connectivity index (χ2v) is 13.4. The van der Waals surface area contributed by atoms with Crippen molar-refractivity contribution in [3.8, 4) is 11.1 Å². The molecule has 0 amide bonds. The van der Waals surface area contributed by atoms with Crippen LogP contribution in [0.25, 0.3) is 11.1 Å². The van der Waals surface area contributed by atoms with Crippen LogP contribution in [0.15, 0.2) is 96.0 Å². The number of fused-ring (bicyclic) bond motifs is 4. The summed E-state index contributed by atoms with van der Waals surface area (Å²) in [6, 6.07) is 33.3. The molecule has 2 aliphatic heterocycles. The predicted octanol–water partition coefficient (Wildman–Crippen LogP) is 8.34. The molecule has 1 atom stereocenters. The van der Waals surface area contributed by atoms with Crippen molar-refractivity contribution in [3.05, 3.63) is 119 Å². The number of hydrogen-bond donors (Lipinski definition) is 0. The fourth-order valence-electron chi connectivity index (χ4n) is 6.82. The highest BCUT2D eigenvalue weighted by Crippen LogP contribution is 2.49. The van der Waals surface area contributed by atoms with Gasteiger partial charge in [-0.1, -0.05) is 92.7 Å². The number of benzene rings is 4. The third-order valence-corrected chi connectivity index (χ3v) is 10.00. The first-order chi connectivity index (χ1) is 19.5. The highest BCUT2D eigenvalue weighted by atomic mass is 16.7. The Morgan fingerprint density at radius 2 is 1.34 bits per heavy atom. The zero-order valence-electron chi connectivity index (χ0n) is 25.0. The zero-order valence-corrected chi connectivity index (χ0v) is 25.0. The average Bonchev–Trinajstić information content (AvgIpc) is 3.21. The van der Waals surface area contributed by atoms with E-state index in [0.717, 1.165) is 24.0 Å². The van der Waals surface area contributed by atoms with Crippen LogP contribution in [0.1, 0.15) is 88.1 Å². The van der Waals surface area contributed by atoms with Crippen LogP contribution in [0.3, 0.4) is 0 Å². The molecule has 1 aliphatic carbocycles. The first kappa shape index (κ1) is 26.4. The Hall–Kier alpha value is -3.47. The van der Waals surface area contributed by atoms with Crippen molar-refractivity contribution < 1.29 is 9.31 Å². The third kappa shape index (κ3) is 4.23. The zero-order chi connectivity index (χ0) is 28.6. The van der Waals surface area contributed by atoms with Crippen molar-refractivity contribution in [2.24, 2.45) is 4.99 Å². The summed E-state index contributed by atoms with van der Waals surface area (Å²) in [4.78, 5) is 5.28. The first-order valence-corrected chi connectivity index (χ1v) is 14.9. The molecule has 4 heteroatoms. The van der Waals surface area contributed by atoms with Gasteiger partial charge in [0, 0.05) is 17.0 Å².